The Morgan fingerprint density at radius 1 is 1.16 bits per heavy atom. The molecule has 19 heavy (non-hydrogen) atoms. The average Bonchev–Trinajstić information content (AvgIpc) is 2.39. The molecule has 1 heterocycles. The topological polar surface area (TPSA) is 37.4 Å². The van der Waals surface area contributed by atoms with Crippen molar-refractivity contribution >= 4 is 21.8 Å². The number of benzene rings is 1. The lowest BCUT2D eigenvalue weighted by atomic mass is 10.2. The van der Waals surface area contributed by atoms with E-state index in [9.17, 15) is 21.6 Å². The molecule has 0 radical (unpaired) electrons. The molecule has 0 bridgehead atoms. The first kappa shape index (κ1) is 14.7. The summed E-state index contributed by atoms with van der Waals surface area (Å²) < 4.78 is 63.4. The van der Waals surface area contributed by atoms with Gasteiger partial charge < -0.3 is 0 Å². The molecule has 1 saturated heterocycles. The highest BCUT2D eigenvalue weighted by molar-refractivity contribution is 7.99. The van der Waals surface area contributed by atoms with E-state index in [4.69, 9.17) is 0 Å². The van der Waals surface area contributed by atoms with Gasteiger partial charge in [0, 0.05) is 24.6 Å². The lowest BCUT2D eigenvalue weighted by Crippen LogP contribution is -2.37. The number of rotatable bonds is 2. The van der Waals surface area contributed by atoms with Crippen LogP contribution in [0.1, 0.15) is 5.56 Å². The Labute approximate surface area is 113 Å². The summed E-state index contributed by atoms with van der Waals surface area (Å²) in [5, 5.41) is 0. The Morgan fingerprint density at radius 3 is 2.37 bits per heavy atom. The molecule has 2 rings (SSSR count). The van der Waals surface area contributed by atoms with Crippen LogP contribution in [-0.2, 0) is 16.2 Å². The van der Waals surface area contributed by atoms with Gasteiger partial charge in [-0.05, 0) is 18.2 Å². The van der Waals surface area contributed by atoms with Crippen LogP contribution in [0.3, 0.4) is 0 Å². The molecular weight excluding hydrogens is 299 g/mol. The van der Waals surface area contributed by atoms with Crippen LogP contribution in [0.4, 0.5) is 13.2 Å². The number of nitrogens with zero attached hydrogens (tertiary/aromatic N) is 1. The first-order valence-corrected chi connectivity index (χ1v) is 8.16. The van der Waals surface area contributed by atoms with E-state index in [1.807, 2.05) is 0 Å². The highest BCUT2D eigenvalue weighted by Crippen LogP contribution is 2.31. The minimum atomic E-state index is -4.54. The lowest BCUT2D eigenvalue weighted by molar-refractivity contribution is -0.137. The van der Waals surface area contributed by atoms with Crippen LogP contribution in [0, 0.1) is 0 Å². The lowest BCUT2D eigenvalue weighted by Gasteiger charge is -2.25. The minimum Gasteiger partial charge on any atom is -0.207 e. The van der Waals surface area contributed by atoms with Crippen molar-refractivity contribution in [3.63, 3.8) is 0 Å². The van der Waals surface area contributed by atoms with Crippen LogP contribution in [-0.4, -0.2) is 37.3 Å². The molecule has 0 saturated carbocycles. The van der Waals surface area contributed by atoms with Gasteiger partial charge in [-0.1, -0.05) is 6.07 Å². The summed E-state index contributed by atoms with van der Waals surface area (Å²) in [7, 11) is -3.82. The van der Waals surface area contributed by atoms with Crippen molar-refractivity contribution < 1.29 is 21.6 Å². The summed E-state index contributed by atoms with van der Waals surface area (Å²) >= 11 is 1.63. The summed E-state index contributed by atoms with van der Waals surface area (Å²) in [4.78, 5) is -0.297. The van der Waals surface area contributed by atoms with Gasteiger partial charge in [-0.2, -0.15) is 29.2 Å². The third kappa shape index (κ3) is 3.24. The van der Waals surface area contributed by atoms with Crippen molar-refractivity contribution in [1.82, 2.24) is 4.31 Å². The molecule has 0 unspecified atom stereocenters. The highest BCUT2D eigenvalue weighted by atomic mass is 32.2. The van der Waals surface area contributed by atoms with E-state index < -0.39 is 21.8 Å². The molecule has 106 valence electrons. The van der Waals surface area contributed by atoms with Crippen LogP contribution < -0.4 is 0 Å². The first-order chi connectivity index (χ1) is 8.82. The first-order valence-electron chi connectivity index (χ1n) is 5.57. The van der Waals surface area contributed by atoms with Gasteiger partial charge in [0.1, 0.15) is 0 Å². The van der Waals surface area contributed by atoms with Gasteiger partial charge in [-0.3, -0.25) is 0 Å². The molecule has 0 N–H and O–H groups in total. The summed E-state index contributed by atoms with van der Waals surface area (Å²) in [6.45, 7) is 0.673. The summed E-state index contributed by atoms with van der Waals surface area (Å²) in [5.41, 5.74) is -0.944. The van der Waals surface area contributed by atoms with Gasteiger partial charge in [-0.15, -0.1) is 0 Å². The third-order valence-corrected chi connectivity index (χ3v) is 5.61. The van der Waals surface area contributed by atoms with Crippen molar-refractivity contribution in [2.24, 2.45) is 0 Å². The minimum absolute atomic E-state index is 0.297. The van der Waals surface area contributed by atoms with Crippen LogP contribution in [0.5, 0.6) is 0 Å². The third-order valence-electron chi connectivity index (χ3n) is 2.77. The number of halogens is 3. The van der Waals surface area contributed by atoms with E-state index in [0.717, 1.165) is 12.1 Å². The molecule has 3 nitrogen and oxygen atoms in total. The van der Waals surface area contributed by atoms with E-state index in [2.05, 4.69) is 0 Å². The summed E-state index contributed by atoms with van der Waals surface area (Å²) in [5.74, 6) is 1.33. The molecule has 1 aliphatic heterocycles. The smallest absolute Gasteiger partial charge is 0.207 e. The second kappa shape index (κ2) is 5.34. The standard InChI is InChI=1S/C11H12F3NO2S2/c12-11(13,14)9-2-1-3-10(8-9)19(16,17)15-4-6-18-7-5-15/h1-3,8H,4-7H2. The molecule has 0 atom stereocenters. The molecule has 8 heteroatoms. The predicted molar refractivity (Wildman–Crippen MR) is 67.5 cm³/mol. The summed E-state index contributed by atoms with van der Waals surface area (Å²) in [6, 6.07) is 3.88. The van der Waals surface area contributed by atoms with Crippen LogP contribution in [0.25, 0.3) is 0 Å². The fourth-order valence-corrected chi connectivity index (χ4v) is 4.39. The van der Waals surface area contributed by atoms with Gasteiger partial charge in [-0.25, -0.2) is 8.42 Å². The van der Waals surface area contributed by atoms with Gasteiger partial charge in [0.25, 0.3) is 0 Å². The maximum Gasteiger partial charge on any atom is 0.416 e. The molecule has 1 aliphatic rings. The maximum absolute atomic E-state index is 12.6. The monoisotopic (exact) mass is 311 g/mol. The van der Waals surface area contributed by atoms with Crippen molar-refractivity contribution in [3.05, 3.63) is 29.8 Å². The Bertz CT molecular complexity index is 551. The predicted octanol–water partition coefficient (Wildman–Crippen LogP) is 2.44. The molecule has 0 amide bonds. The van der Waals surface area contributed by atoms with Crippen molar-refractivity contribution in [1.29, 1.82) is 0 Å². The van der Waals surface area contributed by atoms with Crippen molar-refractivity contribution in [2.45, 2.75) is 11.1 Å². The molecule has 0 spiro atoms. The average molecular weight is 311 g/mol. The van der Waals surface area contributed by atoms with E-state index in [0.29, 0.717) is 30.7 Å². The highest BCUT2D eigenvalue weighted by Gasteiger charge is 2.33. The van der Waals surface area contributed by atoms with E-state index >= 15 is 0 Å². The van der Waals surface area contributed by atoms with Crippen LogP contribution in [0.2, 0.25) is 0 Å². The second-order valence-electron chi connectivity index (χ2n) is 4.04. The molecule has 1 fully saturated rings. The van der Waals surface area contributed by atoms with Gasteiger partial charge in [0.05, 0.1) is 10.5 Å². The number of hydrogen-bond donors (Lipinski definition) is 0. The number of thioether (sulfide) groups is 1. The zero-order chi connectivity index (χ0) is 14.1. The Kier molecular flexibility index (Phi) is 4.12. The van der Waals surface area contributed by atoms with Gasteiger partial charge in [0.15, 0.2) is 0 Å². The molecule has 1 aromatic rings. The fraction of sp³-hybridized carbons (Fsp3) is 0.455. The SMILES string of the molecule is O=S(=O)(c1cccc(C(F)(F)F)c1)N1CCSCC1. The van der Waals surface area contributed by atoms with E-state index in [1.54, 1.807) is 11.8 Å². The van der Waals surface area contributed by atoms with Crippen LogP contribution in [0.15, 0.2) is 29.2 Å². The fourth-order valence-electron chi connectivity index (χ4n) is 1.77. The zero-order valence-corrected chi connectivity index (χ0v) is 11.5. The maximum atomic E-state index is 12.6. The largest absolute Gasteiger partial charge is 0.416 e. The summed E-state index contributed by atoms with van der Waals surface area (Å²) in [6.07, 6.45) is -4.54. The Morgan fingerprint density at radius 2 is 1.79 bits per heavy atom. The molecular formula is C11H12F3NO2S2. The van der Waals surface area contributed by atoms with Crippen molar-refractivity contribution in [2.75, 3.05) is 24.6 Å². The van der Waals surface area contributed by atoms with Gasteiger partial charge >= 0.3 is 6.18 Å². The zero-order valence-electron chi connectivity index (χ0n) is 9.85. The van der Waals surface area contributed by atoms with E-state index in [-0.39, 0.29) is 4.90 Å². The number of alkyl halides is 3. The van der Waals surface area contributed by atoms with Gasteiger partial charge in [0.2, 0.25) is 10.0 Å². The van der Waals surface area contributed by atoms with E-state index in [1.165, 1.54) is 10.4 Å². The molecule has 0 aromatic heterocycles. The Balaban J connectivity index is 2.35. The number of sulfonamides is 1. The second-order valence-corrected chi connectivity index (χ2v) is 7.20. The normalized spacial score (nSPS) is 18.5. The van der Waals surface area contributed by atoms with Crippen molar-refractivity contribution in [3.8, 4) is 0 Å². The molecule has 0 aliphatic carbocycles. The molecule has 1 aromatic carbocycles. The number of hydrogen-bond acceptors (Lipinski definition) is 3. The quantitative estimate of drug-likeness (QED) is 0.842. The van der Waals surface area contributed by atoms with Crippen LogP contribution >= 0.6 is 11.8 Å². The Hall–Kier alpha value is -0.730.